The first-order chi connectivity index (χ1) is 7.22. The lowest BCUT2D eigenvalue weighted by Crippen LogP contribution is -2.19. The lowest BCUT2D eigenvalue weighted by Gasteiger charge is -2.09. The zero-order valence-electron chi connectivity index (χ0n) is 8.17. The Balaban J connectivity index is 2.41. The van der Waals surface area contributed by atoms with E-state index in [4.69, 9.17) is 4.74 Å². The van der Waals surface area contributed by atoms with Gasteiger partial charge in [-0.1, -0.05) is 18.3 Å². The average molecular weight is 240 g/mol. The van der Waals surface area contributed by atoms with E-state index in [1.807, 2.05) is 18.2 Å². The molecule has 0 aromatic carbocycles. The lowest BCUT2D eigenvalue weighted by molar-refractivity contribution is -0.142. The molecule has 0 saturated heterocycles. The zero-order valence-corrected chi connectivity index (χ0v) is 9.81. The Kier molecular flexibility index (Phi) is 5.28. The Hall–Kier alpha value is -0.940. The molecule has 15 heavy (non-hydrogen) atoms. The van der Waals surface area contributed by atoms with E-state index >= 15 is 0 Å². The third-order valence-electron chi connectivity index (χ3n) is 1.46. The van der Waals surface area contributed by atoms with Gasteiger partial charge < -0.3 is 4.74 Å². The number of nitrogens with zero attached hydrogens (tertiary/aromatic N) is 1. The van der Waals surface area contributed by atoms with Crippen LogP contribution in [0.1, 0.15) is 6.92 Å². The topological polar surface area (TPSA) is 39.2 Å². The van der Waals surface area contributed by atoms with Crippen LogP contribution in [0.5, 0.6) is 0 Å². The predicted molar refractivity (Wildman–Crippen MR) is 63.1 cm³/mol. The van der Waals surface area contributed by atoms with Gasteiger partial charge in [0.05, 0.1) is 10.4 Å². The van der Waals surface area contributed by atoms with Crippen LogP contribution in [0.2, 0.25) is 0 Å². The third-order valence-corrected chi connectivity index (χ3v) is 2.73. The molecule has 1 aromatic rings. The highest BCUT2D eigenvalue weighted by molar-refractivity contribution is 7.99. The molecule has 0 aliphatic heterocycles. The van der Waals surface area contributed by atoms with E-state index in [0.717, 1.165) is 5.03 Å². The van der Waals surface area contributed by atoms with Gasteiger partial charge in [0.25, 0.3) is 0 Å². The highest BCUT2D eigenvalue weighted by atomic mass is 32.2. The summed E-state index contributed by atoms with van der Waals surface area (Å²) in [6.07, 6.45) is 1.26. The Morgan fingerprint density at radius 2 is 2.53 bits per heavy atom. The fourth-order valence-electron chi connectivity index (χ4n) is 0.886. The van der Waals surface area contributed by atoms with Gasteiger partial charge in [0.2, 0.25) is 0 Å². The molecule has 0 amide bonds. The van der Waals surface area contributed by atoms with Crippen molar-refractivity contribution in [2.24, 2.45) is 0 Å². The van der Waals surface area contributed by atoms with Crippen LogP contribution in [-0.4, -0.2) is 28.2 Å². The van der Waals surface area contributed by atoms with E-state index in [2.05, 4.69) is 22.6 Å². The summed E-state index contributed by atoms with van der Waals surface area (Å²) in [6.45, 7) is 1.35. The summed E-state index contributed by atoms with van der Waals surface area (Å²) in [5, 5.41) is 3.37. The van der Waals surface area contributed by atoms with Crippen LogP contribution in [0.3, 0.4) is 0 Å². The van der Waals surface area contributed by atoms with Gasteiger partial charge in [-0.15, -0.1) is 11.8 Å². The summed E-state index contributed by atoms with van der Waals surface area (Å²) in [5.74, 6) is 0.194. The number of carbonyl (C=O) groups excluding carboxylic acids is 1. The van der Waals surface area contributed by atoms with E-state index in [0.29, 0.717) is 5.75 Å². The summed E-state index contributed by atoms with van der Waals surface area (Å²) < 4.78 is 4.92. The average Bonchev–Trinajstić information content (AvgIpc) is 2.25. The van der Waals surface area contributed by atoms with Crippen molar-refractivity contribution in [2.75, 3.05) is 5.75 Å². The molecule has 1 heterocycles. The van der Waals surface area contributed by atoms with E-state index in [-0.39, 0.29) is 5.97 Å². The number of esters is 1. The van der Waals surface area contributed by atoms with Crippen molar-refractivity contribution < 1.29 is 9.53 Å². The minimum Gasteiger partial charge on any atom is -0.456 e. The Morgan fingerprint density at radius 3 is 3.07 bits per heavy atom. The van der Waals surface area contributed by atoms with Crippen molar-refractivity contribution in [2.45, 2.75) is 18.1 Å². The number of carbonyl (C=O) groups is 1. The van der Waals surface area contributed by atoms with Crippen LogP contribution in [-0.2, 0) is 9.53 Å². The first-order valence-electron chi connectivity index (χ1n) is 4.31. The molecule has 0 bridgehead atoms. The molecular weight excluding hydrogens is 230 g/mol. The Labute approximate surface area is 98.2 Å². The molecule has 1 aromatic heterocycles. The minimum atomic E-state index is -0.454. The number of pyridine rings is 1. The fourth-order valence-corrected chi connectivity index (χ4v) is 1.91. The summed E-state index contributed by atoms with van der Waals surface area (Å²) >= 11 is 6.12. The monoisotopic (exact) mass is 240 g/mol. The zero-order chi connectivity index (χ0) is 11.1. The van der Waals surface area contributed by atoms with E-state index in [1.54, 1.807) is 6.20 Å². The molecule has 0 saturated carbocycles. The number of aromatic nitrogens is 1. The maximum atomic E-state index is 10.7. The molecule has 0 spiro atoms. The molecular formula is C10H10NO2S2. The Morgan fingerprint density at radius 1 is 1.73 bits per heavy atom. The third kappa shape index (κ3) is 4.90. The van der Waals surface area contributed by atoms with Crippen LogP contribution in [0.4, 0.5) is 0 Å². The molecule has 1 unspecified atom stereocenters. The molecule has 5 heteroatoms. The van der Waals surface area contributed by atoms with Gasteiger partial charge in [0.15, 0.2) is 0 Å². The minimum absolute atomic E-state index is 0.348. The second kappa shape index (κ2) is 6.53. The van der Waals surface area contributed by atoms with Crippen molar-refractivity contribution in [1.29, 1.82) is 0 Å². The largest absolute Gasteiger partial charge is 0.456 e. The van der Waals surface area contributed by atoms with Crippen molar-refractivity contribution >= 4 is 35.3 Å². The van der Waals surface area contributed by atoms with Crippen LogP contribution >= 0.6 is 24.0 Å². The molecule has 79 valence electrons. The predicted octanol–water partition coefficient (Wildman–Crippen LogP) is 1.98. The lowest BCUT2D eigenvalue weighted by atomic mass is 10.5. The van der Waals surface area contributed by atoms with Crippen LogP contribution in [0.15, 0.2) is 29.4 Å². The van der Waals surface area contributed by atoms with Crippen molar-refractivity contribution in [3.63, 3.8) is 0 Å². The standard InChI is InChI=1S/C10H10NO2S2/c1-8(12)13-9(6-14)7-15-10-4-2-3-5-11-10/h2-5,9H,7H2,1H3. The number of hydrogen-bond acceptors (Lipinski definition) is 5. The summed E-state index contributed by atoms with van der Waals surface area (Å²) in [7, 11) is 0. The second-order valence-corrected chi connectivity index (χ2v) is 3.97. The van der Waals surface area contributed by atoms with Gasteiger partial charge in [0.1, 0.15) is 6.10 Å². The van der Waals surface area contributed by atoms with E-state index in [9.17, 15) is 4.79 Å². The number of thioether (sulfide) groups is 1. The number of rotatable bonds is 5. The van der Waals surface area contributed by atoms with E-state index in [1.165, 1.54) is 18.7 Å². The smallest absolute Gasteiger partial charge is 0.303 e. The molecule has 0 aliphatic carbocycles. The SMILES string of the molecule is CC(=O)OC([C]=S)CSc1ccccn1. The highest BCUT2D eigenvalue weighted by Gasteiger charge is 2.09. The van der Waals surface area contributed by atoms with Gasteiger partial charge in [-0.2, -0.15) is 0 Å². The quantitative estimate of drug-likeness (QED) is 0.447. The van der Waals surface area contributed by atoms with Crippen molar-refractivity contribution in [3.05, 3.63) is 24.4 Å². The molecule has 1 rings (SSSR count). The summed E-state index contributed by atoms with van der Waals surface area (Å²) in [4.78, 5) is 14.8. The van der Waals surface area contributed by atoms with Gasteiger partial charge >= 0.3 is 5.97 Å². The molecule has 3 nitrogen and oxygen atoms in total. The number of thiocarbonyl (C=S) groups is 1. The van der Waals surface area contributed by atoms with Gasteiger partial charge in [-0.3, -0.25) is 4.79 Å². The molecule has 1 atom stereocenters. The number of hydrogen-bond donors (Lipinski definition) is 0. The molecule has 0 N–H and O–H groups in total. The fraction of sp³-hybridized carbons (Fsp3) is 0.300. The summed E-state index contributed by atoms with van der Waals surface area (Å²) in [5.41, 5.74) is 0. The molecule has 0 fully saturated rings. The van der Waals surface area contributed by atoms with Gasteiger partial charge in [-0.25, -0.2) is 4.98 Å². The maximum absolute atomic E-state index is 10.7. The molecule has 1 radical (unpaired) electrons. The number of ether oxygens (including phenoxy) is 1. The van der Waals surface area contributed by atoms with Gasteiger partial charge in [0, 0.05) is 18.9 Å². The molecule has 0 aliphatic rings. The van der Waals surface area contributed by atoms with Crippen LogP contribution in [0, 0.1) is 0 Å². The van der Waals surface area contributed by atoms with Crippen LogP contribution < -0.4 is 0 Å². The van der Waals surface area contributed by atoms with Crippen molar-refractivity contribution in [1.82, 2.24) is 4.98 Å². The second-order valence-electron chi connectivity index (χ2n) is 2.69. The van der Waals surface area contributed by atoms with E-state index < -0.39 is 6.10 Å². The van der Waals surface area contributed by atoms with Crippen LogP contribution in [0.25, 0.3) is 0 Å². The normalized spacial score (nSPS) is 11.8. The maximum Gasteiger partial charge on any atom is 0.303 e. The Bertz CT molecular complexity index is 329. The highest BCUT2D eigenvalue weighted by Crippen LogP contribution is 2.15. The van der Waals surface area contributed by atoms with Crippen molar-refractivity contribution in [3.8, 4) is 0 Å². The first kappa shape index (κ1) is 12.1. The summed E-state index contributed by atoms with van der Waals surface area (Å²) in [6, 6.07) is 5.63. The van der Waals surface area contributed by atoms with Gasteiger partial charge in [-0.05, 0) is 12.1 Å². The first-order valence-corrected chi connectivity index (χ1v) is 5.70.